The highest BCUT2D eigenvalue weighted by Gasteiger charge is 2.24. The maximum atomic E-state index is 12.0. The van der Waals surface area contributed by atoms with E-state index in [0.717, 1.165) is 39.0 Å². The van der Waals surface area contributed by atoms with E-state index in [2.05, 4.69) is 21.3 Å². The van der Waals surface area contributed by atoms with Crippen molar-refractivity contribution in [2.75, 3.05) is 39.3 Å². The van der Waals surface area contributed by atoms with Crippen LogP contribution in [0.15, 0.2) is 0 Å². The zero-order valence-corrected chi connectivity index (χ0v) is 11.8. The Kier molecular flexibility index (Phi) is 8.16. The summed E-state index contributed by atoms with van der Waals surface area (Å²) < 4.78 is 0. The van der Waals surface area contributed by atoms with E-state index in [1.165, 1.54) is 0 Å². The highest BCUT2D eigenvalue weighted by Crippen LogP contribution is 2.06. The summed E-state index contributed by atoms with van der Waals surface area (Å²) in [5.74, 6) is -0.884. The van der Waals surface area contributed by atoms with Crippen LogP contribution in [0.1, 0.15) is 26.2 Å². The van der Waals surface area contributed by atoms with Crippen LogP contribution in [0.5, 0.6) is 0 Å². The molecule has 0 aromatic carbocycles. The van der Waals surface area contributed by atoms with Crippen molar-refractivity contribution >= 4 is 11.8 Å². The Labute approximate surface area is 115 Å². The second-order valence-electron chi connectivity index (χ2n) is 4.78. The normalized spacial score (nSPS) is 21.3. The van der Waals surface area contributed by atoms with E-state index >= 15 is 0 Å². The van der Waals surface area contributed by atoms with E-state index in [1.807, 2.05) is 6.92 Å². The molecule has 0 aliphatic carbocycles. The van der Waals surface area contributed by atoms with Gasteiger partial charge in [-0.1, -0.05) is 13.3 Å². The number of hydrogen-bond acceptors (Lipinski definition) is 4. The van der Waals surface area contributed by atoms with Crippen molar-refractivity contribution < 1.29 is 9.59 Å². The summed E-state index contributed by atoms with van der Waals surface area (Å²) in [5.41, 5.74) is 0. The predicted octanol–water partition coefficient (Wildman–Crippen LogP) is -0.782. The van der Waals surface area contributed by atoms with E-state index in [4.69, 9.17) is 0 Å². The Morgan fingerprint density at radius 3 is 1.89 bits per heavy atom. The molecule has 110 valence electrons. The molecule has 0 spiro atoms. The average Bonchev–Trinajstić information content (AvgIpc) is 2.40. The van der Waals surface area contributed by atoms with Crippen LogP contribution in [0, 0.1) is 5.92 Å². The van der Waals surface area contributed by atoms with Gasteiger partial charge in [0, 0.05) is 26.2 Å². The van der Waals surface area contributed by atoms with E-state index < -0.39 is 5.92 Å². The van der Waals surface area contributed by atoms with Crippen molar-refractivity contribution in [1.82, 2.24) is 21.3 Å². The fraction of sp³-hybridized carbons (Fsp3) is 0.846. The van der Waals surface area contributed by atoms with Crippen molar-refractivity contribution in [2.45, 2.75) is 26.2 Å². The lowest BCUT2D eigenvalue weighted by molar-refractivity contribution is -0.135. The van der Waals surface area contributed by atoms with Crippen LogP contribution >= 0.6 is 0 Å². The lowest BCUT2D eigenvalue weighted by Crippen LogP contribution is -2.45. The summed E-state index contributed by atoms with van der Waals surface area (Å²) in [6.45, 7) is 6.48. The van der Waals surface area contributed by atoms with Gasteiger partial charge in [0.25, 0.3) is 0 Å². The second-order valence-corrected chi connectivity index (χ2v) is 4.78. The molecule has 2 amide bonds. The molecule has 0 bridgehead atoms. The molecule has 1 aliphatic heterocycles. The molecule has 0 saturated carbocycles. The molecule has 19 heavy (non-hydrogen) atoms. The summed E-state index contributed by atoms with van der Waals surface area (Å²) in [6, 6.07) is 0. The summed E-state index contributed by atoms with van der Waals surface area (Å²) in [6.07, 6.45) is 2.46. The van der Waals surface area contributed by atoms with E-state index in [-0.39, 0.29) is 11.8 Å². The molecule has 4 N–H and O–H groups in total. The highest BCUT2D eigenvalue weighted by molar-refractivity contribution is 6.00. The molecule has 6 heteroatoms. The molecule has 0 atom stereocenters. The van der Waals surface area contributed by atoms with Crippen LogP contribution in [0.4, 0.5) is 0 Å². The maximum Gasteiger partial charge on any atom is 0.232 e. The van der Waals surface area contributed by atoms with E-state index in [1.54, 1.807) is 0 Å². The van der Waals surface area contributed by atoms with Crippen LogP contribution in [-0.2, 0) is 9.59 Å². The molecular formula is C13H26N4O2. The van der Waals surface area contributed by atoms with Crippen LogP contribution < -0.4 is 21.3 Å². The van der Waals surface area contributed by atoms with E-state index in [9.17, 15) is 9.59 Å². The lowest BCUT2D eigenvalue weighted by Gasteiger charge is -2.17. The van der Waals surface area contributed by atoms with Crippen molar-refractivity contribution in [3.8, 4) is 0 Å². The Balaban J connectivity index is 2.50. The van der Waals surface area contributed by atoms with Gasteiger partial charge in [-0.25, -0.2) is 0 Å². The van der Waals surface area contributed by atoms with Gasteiger partial charge < -0.3 is 21.3 Å². The van der Waals surface area contributed by atoms with Crippen LogP contribution in [0.25, 0.3) is 0 Å². The quantitative estimate of drug-likeness (QED) is 0.496. The van der Waals surface area contributed by atoms with Crippen molar-refractivity contribution in [1.29, 1.82) is 0 Å². The summed E-state index contributed by atoms with van der Waals surface area (Å²) in [7, 11) is 0. The Morgan fingerprint density at radius 1 is 0.895 bits per heavy atom. The molecule has 0 unspecified atom stereocenters. The van der Waals surface area contributed by atoms with Crippen LogP contribution in [-0.4, -0.2) is 51.1 Å². The molecule has 0 aromatic heterocycles. The Morgan fingerprint density at radius 2 is 1.42 bits per heavy atom. The standard InChI is InChI=1S/C13H26N4O2/c1-2-4-11-12(18)16-9-7-14-5-3-6-15-8-10-17-13(11)19/h11,14-15H,2-10H2,1H3,(H,16,18)(H,17,19). The monoisotopic (exact) mass is 270 g/mol. The smallest absolute Gasteiger partial charge is 0.232 e. The topological polar surface area (TPSA) is 82.3 Å². The molecule has 1 fully saturated rings. The third-order valence-electron chi connectivity index (χ3n) is 3.12. The number of rotatable bonds is 2. The molecule has 0 radical (unpaired) electrons. The maximum absolute atomic E-state index is 12.0. The predicted molar refractivity (Wildman–Crippen MR) is 74.8 cm³/mol. The van der Waals surface area contributed by atoms with Crippen molar-refractivity contribution in [3.63, 3.8) is 0 Å². The third kappa shape index (κ3) is 6.54. The van der Waals surface area contributed by atoms with Gasteiger partial charge in [-0.3, -0.25) is 9.59 Å². The fourth-order valence-corrected chi connectivity index (χ4v) is 2.05. The van der Waals surface area contributed by atoms with Gasteiger partial charge >= 0.3 is 0 Å². The third-order valence-corrected chi connectivity index (χ3v) is 3.12. The van der Waals surface area contributed by atoms with Gasteiger partial charge in [-0.2, -0.15) is 0 Å². The largest absolute Gasteiger partial charge is 0.354 e. The Hall–Kier alpha value is -1.14. The highest BCUT2D eigenvalue weighted by atomic mass is 16.2. The second kappa shape index (κ2) is 9.75. The zero-order valence-electron chi connectivity index (χ0n) is 11.8. The van der Waals surface area contributed by atoms with Gasteiger partial charge in [0.1, 0.15) is 5.92 Å². The molecule has 0 aromatic rings. The molecule has 1 saturated heterocycles. The number of nitrogens with one attached hydrogen (secondary N) is 4. The van der Waals surface area contributed by atoms with Gasteiger partial charge in [0.15, 0.2) is 0 Å². The van der Waals surface area contributed by atoms with Gasteiger partial charge in [-0.15, -0.1) is 0 Å². The van der Waals surface area contributed by atoms with Gasteiger partial charge in [0.2, 0.25) is 11.8 Å². The number of amides is 2. The fourth-order valence-electron chi connectivity index (χ4n) is 2.05. The molecule has 1 aliphatic rings. The summed E-state index contributed by atoms with van der Waals surface area (Å²) >= 11 is 0. The number of carbonyl (C=O) groups is 2. The number of carbonyl (C=O) groups excluding carboxylic acids is 2. The minimum absolute atomic E-state index is 0.161. The van der Waals surface area contributed by atoms with Crippen LogP contribution in [0.2, 0.25) is 0 Å². The lowest BCUT2D eigenvalue weighted by atomic mass is 10.0. The average molecular weight is 270 g/mol. The van der Waals surface area contributed by atoms with Gasteiger partial charge in [-0.05, 0) is 25.9 Å². The SMILES string of the molecule is CCCC1C(=O)NCCNCCCNCCNC1=O. The molecule has 1 heterocycles. The summed E-state index contributed by atoms with van der Waals surface area (Å²) in [4.78, 5) is 23.9. The first-order valence-corrected chi connectivity index (χ1v) is 7.22. The minimum atomic E-state index is -0.562. The summed E-state index contributed by atoms with van der Waals surface area (Å²) in [5, 5.41) is 12.2. The molecule has 6 nitrogen and oxygen atoms in total. The first kappa shape index (κ1) is 15.9. The van der Waals surface area contributed by atoms with Crippen molar-refractivity contribution in [3.05, 3.63) is 0 Å². The van der Waals surface area contributed by atoms with E-state index in [0.29, 0.717) is 19.5 Å². The first-order chi connectivity index (χ1) is 9.25. The molecular weight excluding hydrogens is 244 g/mol. The van der Waals surface area contributed by atoms with Gasteiger partial charge in [0.05, 0.1) is 0 Å². The Bertz CT molecular complexity index is 260. The van der Waals surface area contributed by atoms with Crippen LogP contribution in [0.3, 0.4) is 0 Å². The molecule has 1 rings (SSSR count). The minimum Gasteiger partial charge on any atom is -0.354 e. The number of hydrogen-bond donors (Lipinski definition) is 4. The first-order valence-electron chi connectivity index (χ1n) is 7.22. The zero-order chi connectivity index (χ0) is 13.9. The van der Waals surface area contributed by atoms with Crippen molar-refractivity contribution in [2.24, 2.45) is 5.92 Å².